The molecule has 1 aromatic carbocycles. The van der Waals surface area contributed by atoms with Crippen LogP contribution in [0.15, 0.2) is 42.7 Å². The second-order valence-corrected chi connectivity index (χ2v) is 6.71. The average molecular weight is 369 g/mol. The van der Waals surface area contributed by atoms with E-state index >= 15 is 0 Å². The molecule has 1 fully saturated rings. The number of pyridine rings is 1. The maximum Gasteiger partial charge on any atom is 0.257 e. The predicted molar refractivity (Wildman–Crippen MR) is 100 cm³/mol. The summed E-state index contributed by atoms with van der Waals surface area (Å²) in [6.07, 6.45) is 6.80. The summed E-state index contributed by atoms with van der Waals surface area (Å²) in [5.41, 5.74) is 1.61. The Hall–Kier alpha value is -2.67. The van der Waals surface area contributed by atoms with Crippen molar-refractivity contribution in [3.8, 4) is 11.5 Å². The molecule has 2 aromatic rings. The Labute approximate surface area is 157 Å². The number of nitrogens with zero attached hydrogens (tertiary/aromatic N) is 2. The molecule has 0 bridgehead atoms. The van der Waals surface area contributed by atoms with Gasteiger partial charge in [0, 0.05) is 24.5 Å². The maximum absolute atomic E-state index is 12.6. The normalized spacial score (nSPS) is 18.5. The van der Waals surface area contributed by atoms with Crippen LogP contribution in [0.4, 0.5) is 0 Å². The van der Waals surface area contributed by atoms with Crippen LogP contribution in [0.1, 0.15) is 41.2 Å². The van der Waals surface area contributed by atoms with E-state index < -0.39 is 0 Å². The summed E-state index contributed by atoms with van der Waals surface area (Å²) in [5, 5.41) is 3.30. The van der Waals surface area contributed by atoms with Gasteiger partial charge in [-0.2, -0.15) is 0 Å². The summed E-state index contributed by atoms with van der Waals surface area (Å²) in [5.74, 6) is 0.982. The van der Waals surface area contributed by atoms with Gasteiger partial charge in [0.15, 0.2) is 16.6 Å². The van der Waals surface area contributed by atoms with E-state index in [2.05, 4.69) is 21.3 Å². The molecule has 134 valence electrons. The number of hydrogen-bond donors (Lipinski definition) is 1. The molecule has 6 nitrogen and oxygen atoms in total. The lowest BCUT2D eigenvalue weighted by Gasteiger charge is -2.37. The van der Waals surface area contributed by atoms with E-state index in [4.69, 9.17) is 21.7 Å². The number of thiocarbonyl (C=S) groups is 1. The standard InChI is InChI=1S/C19H19N3O3S/c23-18(13-6-7-16-17(10-13)25-12-24-16)21-19(26)22-9-2-1-5-15(22)14-4-3-8-20-11-14/h3-4,6-8,10-11,15H,1-2,5,9,12H2,(H,21,23,26)/t15-/m1/s1. The molecule has 1 atom stereocenters. The molecule has 0 radical (unpaired) electrons. The van der Waals surface area contributed by atoms with Gasteiger partial charge in [0.05, 0.1) is 6.04 Å². The fourth-order valence-electron chi connectivity index (χ4n) is 3.37. The van der Waals surface area contributed by atoms with Gasteiger partial charge in [-0.1, -0.05) is 6.07 Å². The Morgan fingerprint density at radius 3 is 2.96 bits per heavy atom. The molecular formula is C19H19N3O3S. The maximum atomic E-state index is 12.6. The van der Waals surface area contributed by atoms with Crippen LogP contribution in [-0.2, 0) is 0 Å². The lowest BCUT2D eigenvalue weighted by Crippen LogP contribution is -2.46. The van der Waals surface area contributed by atoms with Crippen molar-refractivity contribution in [3.05, 3.63) is 53.9 Å². The molecule has 2 aliphatic rings. The first-order valence-electron chi connectivity index (χ1n) is 8.64. The second-order valence-electron chi connectivity index (χ2n) is 6.32. The second kappa shape index (κ2) is 7.29. The smallest absolute Gasteiger partial charge is 0.257 e. The summed E-state index contributed by atoms with van der Waals surface area (Å²) >= 11 is 5.54. The largest absolute Gasteiger partial charge is 0.454 e. The molecule has 0 unspecified atom stereocenters. The van der Waals surface area contributed by atoms with E-state index in [1.54, 1.807) is 24.4 Å². The first kappa shape index (κ1) is 16.8. The fraction of sp³-hybridized carbons (Fsp3) is 0.316. The zero-order valence-electron chi connectivity index (χ0n) is 14.2. The summed E-state index contributed by atoms with van der Waals surface area (Å²) in [4.78, 5) is 18.9. The zero-order chi connectivity index (χ0) is 17.9. The first-order valence-corrected chi connectivity index (χ1v) is 9.05. The van der Waals surface area contributed by atoms with Gasteiger partial charge >= 0.3 is 0 Å². The van der Waals surface area contributed by atoms with Crippen LogP contribution in [0.25, 0.3) is 0 Å². The minimum Gasteiger partial charge on any atom is -0.454 e. The number of aromatic nitrogens is 1. The molecule has 26 heavy (non-hydrogen) atoms. The van der Waals surface area contributed by atoms with E-state index in [-0.39, 0.29) is 18.7 Å². The number of likely N-dealkylation sites (tertiary alicyclic amines) is 1. The van der Waals surface area contributed by atoms with Gasteiger partial charge in [0.1, 0.15) is 0 Å². The summed E-state index contributed by atoms with van der Waals surface area (Å²) in [6.45, 7) is 0.999. The number of fused-ring (bicyclic) bond motifs is 1. The minimum absolute atomic E-state index is 0.141. The summed E-state index contributed by atoms with van der Waals surface area (Å²) < 4.78 is 10.6. The highest BCUT2D eigenvalue weighted by Gasteiger charge is 2.27. The molecule has 1 saturated heterocycles. The molecule has 2 aliphatic heterocycles. The van der Waals surface area contributed by atoms with E-state index in [1.807, 2.05) is 12.3 Å². The van der Waals surface area contributed by atoms with Gasteiger partial charge in [0.2, 0.25) is 6.79 Å². The number of carbonyl (C=O) groups is 1. The molecule has 0 saturated carbocycles. The van der Waals surface area contributed by atoms with E-state index in [0.29, 0.717) is 22.2 Å². The molecule has 7 heteroatoms. The van der Waals surface area contributed by atoms with Crippen molar-refractivity contribution in [3.63, 3.8) is 0 Å². The van der Waals surface area contributed by atoms with Gasteiger partial charge in [0.25, 0.3) is 5.91 Å². The van der Waals surface area contributed by atoms with Crippen molar-refractivity contribution in [2.24, 2.45) is 0 Å². The van der Waals surface area contributed by atoms with Gasteiger partial charge < -0.3 is 14.4 Å². The first-order chi connectivity index (χ1) is 12.7. The van der Waals surface area contributed by atoms with Crippen LogP contribution < -0.4 is 14.8 Å². The molecule has 4 rings (SSSR count). The van der Waals surface area contributed by atoms with Crippen LogP contribution in [0, 0.1) is 0 Å². The molecule has 0 spiro atoms. The Morgan fingerprint density at radius 2 is 2.12 bits per heavy atom. The van der Waals surface area contributed by atoms with Crippen molar-refractivity contribution >= 4 is 23.2 Å². The van der Waals surface area contributed by atoms with Crippen LogP contribution >= 0.6 is 12.2 Å². The third-order valence-corrected chi connectivity index (χ3v) is 5.02. The van der Waals surface area contributed by atoms with Crippen molar-refractivity contribution in [2.75, 3.05) is 13.3 Å². The monoisotopic (exact) mass is 369 g/mol. The third-order valence-electron chi connectivity index (χ3n) is 4.69. The highest BCUT2D eigenvalue weighted by Crippen LogP contribution is 2.33. The van der Waals surface area contributed by atoms with Crippen LogP contribution in [-0.4, -0.2) is 34.2 Å². The quantitative estimate of drug-likeness (QED) is 0.821. The number of amides is 1. The SMILES string of the molecule is O=C(NC(=S)N1CCCC[C@@H]1c1cccnc1)c1ccc2c(c1)OCO2. The van der Waals surface area contributed by atoms with Crippen LogP contribution in [0.5, 0.6) is 11.5 Å². The number of benzene rings is 1. The highest BCUT2D eigenvalue weighted by atomic mass is 32.1. The van der Waals surface area contributed by atoms with Crippen LogP contribution in [0.2, 0.25) is 0 Å². The van der Waals surface area contributed by atoms with Gasteiger partial charge in [-0.3, -0.25) is 15.1 Å². The topological polar surface area (TPSA) is 63.7 Å². The Bertz CT molecular complexity index is 828. The highest BCUT2D eigenvalue weighted by molar-refractivity contribution is 7.80. The molecule has 1 amide bonds. The van der Waals surface area contributed by atoms with E-state index in [9.17, 15) is 4.79 Å². The van der Waals surface area contributed by atoms with Gasteiger partial charge in [-0.15, -0.1) is 0 Å². The third kappa shape index (κ3) is 3.35. The van der Waals surface area contributed by atoms with Gasteiger partial charge in [-0.25, -0.2) is 0 Å². The number of hydrogen-bond acceptors (Lipinski definition) is 5. The van der Waals surface area contributed by atoms with Crippen molar-refractivity contribution < 1.29 is 14.3 Å². The lowest BCUT2D eigenvalue weighted by atomic mass is 9.97. The Morgan fingerprint density at radius 1 is 1.23 bits per heavy atom. The van der Waals surface area contributed by atoms with Crippen LogP contribution in [0.3, 0.4) is 0 Å². The number of ether oxygens (including phenoxy) is 2. The average Bonchev–Trinajstić information content (AvgIpc) is 3.16. The van der Waals surface area contributed by atoms with Gasteiger partial charge in [-0.05, 0) is 61.3 Å². The predicted octanol–water partition coefficient (Wildman–Crippen LogP) is 3.05. The number of carbonyl (C=O) groups excluding carboxylic acids is 1. The zero-order valence-corrected chi connectivity index (χ0v) is 15.0. The molecule has 0 aliphatic carbocycles. The summed E-state index contributed by atoms with van der Waals surface area (Å²) in [7, 11) is 0. The minimum atomic E-state index is -0.246. The molecular weight excluding hydrogens is 350 g/mol. The molecule has 3 heterocycles. The summed E-state index contributed by atoms with van der Waals surface area (Å²) in [6, 6.07) is 9.24. The fourth-order valence-corrected chi connectivity index (χ4v) is 3.68. The number of piperidine rings is 1. The van der Waals surface area contributed by atoms with Crippen molar-refractivity contribution in [2.45, 2.75) is 25.3 Å². The Kier molecular flexibility index (Phi) is 4.71. The molecule has 1 aromatic heterocycles. The molecule has 1 N–H and O–H groups in total. The Balaban J connectivity index is 1.48. The van der Waals surface area contributed by atoms with E-state index in [1.165, 1.54) is 0 Å². The number of nitrogens with one attached hydrogen (secondary N) is 1. The van der Waals surface area contributed by atoms with Crippen molar-refractivity contribution in [1.82, 2.24) is 15.2 Å². The van der Waals surface area contributed by atoms with E-state index in [0.717, 1.165) is 31.4 Å². The van der Waals surface area contributed by atoms with Crippen molar-refractivity contribution in [1.29, 1.82) is 0 Å². The number of rotatable bonds is 2. The lowest BCUT2D eigenvalue weighted by molar-refractivity contribution is 0.0969.